The van der Waals surface area contributed by atoms with Crippen LogP contribution >= 0.6 is 11.3 Å². The highest BCUT2D eigenvalue weighted by atomic mass is 32.1. The van der Waals surface area contributed by atoms with Crippen molar-refractivity contribution in [3.63, 3.8) is 0 Å². The summed E-state index contributed by atoms with van der Waals surface area (Å²) in [5.74, 6) is -0.224. The van der Waals surface area contributed by atoms with E-state index in [4.69, 9.17) is 0 Å². The van der Waals surface area contributed by atoms with E-state index in [2.05, 4.69) is 15.6 Å². The zero-order valence-corrected chi connectivity index (χ0v) is 13.9. The van der Waals surface area contributed by atoms with Crippen molar-refractivity contribution in [3.05, 3.63) is 58.4 Å². The standard InChI is InChI=1S/C17H16N4O2S/c1-10-8-21-9-11(19-17(21)24-10)7-18-15(22)6-14-12-4-2-3-5-13(12)16(23)20-14/h2-5,8-9,14H,6-7H2,1H3,(H,18,22)(H,20,23). The Bertz CT molecular complexity index is 912. The molecule has 122 valence electrons. The largest absolute Gasteiger partial charge is 0.350 e. The highest BCUT2D eigenvalue weighted by Crippen LogP contribution is 2.27. The lowest BCUT2D eigenvalue weighted by Crippen LogP contribution is -2.28. The normalized spacial score (nSPS) is 16.2. The lowest BCUT2D eigenvalue weighted by Gasteiger charge is -2.11. The van der Waals surface area contributed by atoms with Gasteiger partial charge in [-0.15, -0.1) is 11.3 Å². The predicted molar refractivity (Wildman–Crippen MR) is 90.9 cm³/mol. The van der Waals surface area contributed by atoms with Crippen LogP contribution in [0.1, 0.15) is 39.0 Å². The third-order valence-electron chi connectivity index (χ3n) is 4.06. The van der Waals surface area contributed by atoms with E-state index < -0.39 is 0 Å². The zero-order valence-electron chi connectivity index (χ0n) is 13.1. The number of fused-ring (bicyclic) bond motifs is 2. The first kappa shape index (κ1) is 14.9. The van der Waals surface area contributed by atoms with E-state index >= 15 is 0 Å². The molecule has 7 heteroatoms. The second-order valence-corrected chi connectivity index (χ2v) is 7.07. The molecule has 0 spiro atoms. The minimum absolute atomic E-state index is 0.107. The van der Waals surface area contributed by atoms with Crippen molar-refractivity contribution >= 4 is 28.1 Å². The summed E-state index contributed by atoms with van der Waals surface area (Å²) in [5, 5.41) is 5.73. The fourth-order valence-corrected chi connectivity index (χ4v) is 3.80. The number of carbonyl (C=O) groups is 2. The number of rotatable bonds is 4. The maximum absolute atomic E-state index is 12.2. The topological polar surface area (TPSA) is 75.5 Å². The van der Waals surface area contributed by atoms with Crippen LogP contribution in [0.5, 0.6) is 0 Å². The molecule has 1 aliphatic heterocycles. The SMILES string of the molecule is Cc1cn2cc(CNC(=O)CC3NC(=O)c4ccccc43)nc2s1. The Labute approximate surface area is 142 Å². The number of nitrogens with one attached hydrogen (secondary N) is 2. The third-order valence-corrected chi connectivity index (χ3v) is 4.98. The summed E-state index contributed by atoms with van der Waals surface area (Å²) >= 11 is 1.62. The number of nitrogens with zero attached hydrogens (tertiary/aromatic N) is 2. The van der Waals surface area contributed by atoms with Crippen LogP contribution in [0, 0.1) is 6.92 Å². The predicted octanol–water partition coefficient (Wildman–Crippen LogP) is 2.20. The van der Waals surface area contributed by atoms with Crippen LogP contribution in [0.15, 0.2) is 36.7 Å². The number of thiazole rings is 1. The fourth-order valence-electron chi connectivity index (χ4n) is 2.97. The van der Waals surface area contributed by atoms with Crippen LogP contribution in [-0.2, 0) is 11.3 Å². The van der Waals surface area contributed by atoms with Gasteiger partial charge in [-0.2, -0.15) is 0 Å². The monoisotopic (exact) mass is 340 g/mol. The molecular formula is C17H16N4O2S. The highest BCUT2D eigenvalue weighted by molar-refractivity contribution is 7.16. The lowest BCUT2D eigenvalue weighted by atomic mass is 10.0. The molecule has 1 aromatic carbocycles. The molecule has 4 rings (SSSR count). The van der Waals surface area contributed by atoms with E-state index in [1.54, 1.807) is 17.4 Å². The van der Waals surface area contributed by atoms with Gasteiger partial charge >= 0.3 is 0 Å². The summed E-state index contributed by atoms with van der Waals surface area (Å²) in [6.45, 7) is 2.42. The van der Waals surface area contributed by atoms with Crippen molar-refractivity contribution in [2.45, 2.75) is 25.9 Å². The van der Waals surface area contributed by atoms with E-state index in [0.29, 0.717) is 12.1 Å². The molecule has 0 saturated carbocycles. The summed E-state index contributed by atoms with van der Waals surface area (Å²) in [4.78, 5) is 30.7. The number of hydrogen-bond acceptors (Lipinski definition) is 4. The van der Waals surface area contributed by atoms with Crippen LogP contribution in [0.2, 0.25) is 0 Å². The lowest BCUT2D eigenvalue weighted by molar-refractivity contribution is -0.121. The average Bonchev–Trinajstić information content (AvgIpc) is 3.18. The smallest absolute Gasteiger partial charge is 0.252 e. The summed E-state index contributed by atoms with van der Waals surface area (Å²) in [6.07, 6.45) is 4.17. The number of amides is 2. The van der Waals surface area contributed by atoms with Gasteiger partial charge in [0.1, 0.15) is 0 Å². The van der Waals surface area contributed by atoms with Gasteiger partial charge in [0.2, 0.25) is 5.91 Å². The Morgan fingerprint density at radius 3 is 3.04 bits per heavy atom. The van der Waals surface area contributed by atoms with E-state index in [1.807, 2.05) is 41.9 Å². The Kier molecular flexibility index (Phi) is 3.57. The van der Waals surface area contributed by atoms with Crippen LogP contribution in [0.25, 0.3) is 4.96 Å². The number of hydrogen-bond donors (Lipinski definition) is 2. The molecule has 0 fully saturated rings. The van der Waals surface area contributed by atoms with Gasteiger partial charge < -0.3 is 10.6 Å². The minimum Gasteiger partial charge on any atom is -0.350 e. The molecular weight excluding hydrogens is 324 g/mol. The summed E-state index contributed by atoms with van der Waals surface area (Å²) in [7, 11) is 0. The first-order chi connectivity index (χ1) is 11.6. The van der Waals surface area contributed by atoms with Gasteiger partial charge in [0.05, 0.1) is 24.7 Å². The number of imidazole rings is 1. The van der Waals surface area contributed by atoms with Gasteiger partial charge in [0.15, 0.2) is 4.96 Å². The van der Waals surface area contributed by atoms with E-state index in [9.17, 15) is 9.59 Å². The van der Waals surface area contributed by atoms with Crippen molar-refractivity contribution in [1.29, 1.82) is 0 Å². The van der Waals surface area contributed by atoms with Crippen molar-refractivity contribution < 1.29 is 9.59 Å². The molecule has 3 heterocycles. The molecule has 24 heavy (non-hydrogen) atoms. The molecule has 2 amide bonds. The Hall–Kier alpha value is -2.67. The molecule has 1 atom stereocenters. The van der Waals surface area contributed by atoms with Crippen molar-refractivity contribution in [1.82, 2.24) is 20.0 Å². The zero-order chi connectivity index (χ0) is 16.7. The van der Waals surface area contributed by atoms with Gasteiger partial charge in [-0.05, 0) is 18.6 Å². The highest BCUT2D eigenvalue weighted by Gasteiger charge is 2.29. The Balaban J connectivity index is 1.38. The van der Waals surface area contributed by atoms with E-state index in [-0.39, 0.29) is 24.3 Å². The molecule has 2 aromatic heterocycles. The maximum atomic E-state index is 12.2. The second kappa shape index (κ2) is 5.76. The molecule has 0 radical (unpaired) electrons. The molecule has 0 bridgehead atoms. The van der Waals surface area contributed by atoms with Crippen LogP contribution in [0.3, 0.4) is 0 Å². The van der Waals surface area contributed by atoms with Crippen LogP contribution < -0.4 is 10.6 Å². The van der Waals surface area contributed by atoms with Gasteiger partial charge in [-0.3, -0.25) is 14.0 Å². The molecule has 6 nitrogen and oxygen atoms in total. The number of carbonyl (C=O) groups excluding carboxylic acids is 2. The molecule has 0 saturated heterocycles. The maximum Gasteiger partial charge on any atom is 0.252 e. The van der Waals surface area contributed by atoms with Gasteiger partial charge in [-0.25, -0.2) is 4.98 Å². The Morgan fingerprint density at radius 1 is 1.38 bits per heavy atom. The number of benzene rings is 1. The number of aromatic nitrogens is 2. The second-order valence-electron chi connectivity index (χ2n) is 5.86. The molecule has 1 unspecified atom stereocenters. The minimum atomic E-state index is -0.262. The summed E-state index contributed by atoms with van der Waals surface area (Å²) in [5.41, 5.74) is 2.36. The summed E-state index contributed by atoms with van der Waals surface area (Å²) < 4.78 is 1.97. The quantitative estimate of drug-likeness (QED) is 0.764. The molecule has 1 aliphatic rings. The van der Waals surface area contributed by atoms with E-state index in [1.165, 1.54) is 4.88 Å². The molecule has 2 N–H and O–H groups in total. The third kappa shape index (κ3) is 2.67. The van der Waals surface area contributed by atoms with E-state index in [0.717, 1.165) is 16.2 Å². The first-order valence-electron chi connectivity index (χ1n) is 7.70. The van der Waals surface area contributed by atoms with Gasteiger partial charge in [-0.1, -0.05) is 18.2 Å². The molecule has 0 aliphatic carbocycles. The van der Waals surface area contributed by atoms with Crippen LogP contribution in [-0.4, -0.2) is 21.2 Å². The van der Waals surface area contributed by atoms with Gasteiger partial charge in [0.25, 0.3) is 5.91 Å². The average molecular weight is 340 g/mol. The van der Waals surface area contributed by atoms with Crippen molar-refractivity contribution in [2.75, 3.05) is 0 Å². The summed E-state index contributed by atoms with van der Waals surface area (Å²) in [6, 6.07) is 7.11. The van der Waals surface area contributed by atoms with Crippen LogP contribution in [0.4, 0.5) is 0 Å². The molecule has 3 aromatic rings. The number of aryl methyl sites for hydroxylation is 1. The van der Waals surface area contributed by atoms with Crippen molar-refractivity contribution in [3.8, 4) is 0 Å². The Morgan fingerprint density at radius 2 is 2.21 bits per heavy atom. The fraction of sp³-hybridized carbons (Fsp3) is 0.235. The van der Waals surface area contributed by atoms with Crippen molar-refractivity contribution in [2.24, 2.45) is 0 Å². The first-order valence-corrected chi connectivity index (χ1v) is 8.52. The van der Waals surface area contributed by atoms with Gasteiger partial charge in [0, 0.05) is 22.8 Å².